The van der Waals surface area contributed by atoms with Crippen LogP contribution >= 0.6 is 0 Å². The number of nitrogens with two attached hydrogens (primary N) is 1. The fraction of sp³-hybridized carbons (Fsp3) is 0.316. The average Bonchev–Trinajstić information content (AvgIpc) is 2.61. The van der Waals surface area contributed by atoms with Crippen LogP contribution < -0.4 is 20.5 Å². The molecule has 0 heterocycles. The molecule has 0 fully saturated rings. The number of benzene rings is 2. The van der Waals surface area contributed by atoms with Gasteiger partial charge in [-0.1, -0.05) is 18.2 Å². The molecule has 2 rings (SSSR count). The van der Waals surface area contributed by atoms with Gasteiger partial charge in [0.2, 0.25) is 0 Å². The van der Waals surface area contributed by atoms with Crippen molar-refractivity contribution in [1.29, 1.82) is 0 Å². The lowest BCUT2D eigenvalue weighted by atomic mass is 10.1. The first-order chi connectivity index (χ1) is 12.1. The minimum absolute atomic E-state index is 0.228. The summed E-state index contributed by atoms with van der Waals surface area (Å²) in [7, 11) is 3.22. The summed E-state index contributed by atoms with van der Waals surface area (Å²) in [5, 5.41) is 3.04. The van der Waals surface area contributed by atoms with Crippen LogP contribution in [0.5, 0.6) is 11.5 Å². The Hall–Kier alpha value is -2.76. The number of rotatable bonds is 8. The number of guanidine groups is 1. The summed E-state index contributed by atoms with van der Waals surface area (Å²) in [6.07, 6.45) is 1.43. The van der Waals surface area contributed by atoms with Crippen LogP contribution in [0.25, 0.3) is 0 Å². The number of nitrogens with zero attached hydrogens (tertiary/aromatic N) is 1. The van der Waals surface area contributed by atoms with E-state index in [9.17, 15) is 4.39 Å². The van der Waals surface area contributed by atoms with Crippen LogP contribution in [0.2, 0.25) is 0 Å². The molecule has 0 saturated heterocycles. The molecule has 2 aromatic carbocycles. The summed E-state index contributed by atoms with van der Waals surface area (Å²) >= 11 is 0. The van der Waals surface area contributed by atoms with Gasteiger partial charge < -0.3 is 20.5 Å². The molecule has 25 heavy (non-hydrogen) atoms. The molecule has 0 radical (unpaired) electrons. The van der Waals surface area contributed by atoms with Crippen LogP contribution in [0.4, 0.5) is 4.39 Å². The van der Waals surface area contributed by atoms with Gasteiger partial charge in [0.15, 0.2) is 17.5 Å². The van der Waals surface area contributed by atoms with Crippen molar-refractivity contribution in [1.82, 2.24) is 5.32 Å². The third kappa shape index (κ3) is 5.99. The van der Waals surface area contributed by atoms with Crippen molar-refractivity contribution >= 4 is 5.96 Å². The quantitative estimate of drug-likeness (QED) is 0.570. The highest BCUT2D eigenvalue weighted by molar-refractivity contribution is 5.77. The Bertz CT molecular complexity index is 720. The van der Waals surface area contributed by atoms with Crippen molar-refractivity contribution < 1.29 is 13.9 Å². The lowest BCUT2D eigenvalue weighted by molar-refractivity contribution is 0.354. The molecule has 2 aromatic rings. The van der Waals surface area contributed by atoms with Crippen LogP contribution in [0.15, 0.2) is 47.5 Å². The number of ether oxygens (including phenoxy) is 2. The van der Waals surface area contributed by atoms with E-state index < -0.39 is 0 Å². The van der Waals surface area contributed by atoms with Crippen molar-refractivity contribution in [3.05, 3.63) is 59.4 Å². The monoisotopic (exact) mass is 345 g/mol. The molecule has 0 aliphatic carbocycles. The van der Waals surface area contributed by atoms with Gasteiger partial charge in [-0.2, -0.15) is 0 Å². The molecule has 0 aromatic heterocycles. The molecule has 5 nitrogen and oxygen atoms in total. The second kappa shape index (κ2) is 9.52. The van der Waals surface area contributed by atoms with E-state index in [1.165, 1.54) is 12.1 Å². The third-order valence-electron chi connectivity index (χ3n) is 3.74. The first kappa shape index (κ1) is 18.6. The van der Waals surface area contributed by atoms with Gasteiger partial charge in [-0.25, -0.2) is 4.39 Å². The summed E-state index contributed by atoms with van der Waals surface area (Å²) in [4.78, 5) is 4.30. The molecule has 0 amide bonds. The lowest BCUT2D eigenvalue weighted by Crippen LogP contribution is -2.33. The first-order valence-electron chi connectivity index (χ1n) is 8.11. The normalized spacial score (nSPS) is 11.2. The number of nitrogens with one attached hydrogen (secondary N) is 1. The zero-order valence-corrected chi connectivity index (χ0v) is 14.6. The van der Waals surface area contributed by atoms with E-state index >= 15 is 0 Å². The molecule has 0 spiro atoms. The van der Waals surface area contributed by atoms with Crippen LogP contribution in [-0.4, -0.2) is 33.3 Å². The molecule has 0 bridgehead atoms. The standard InChI is InChI=1S/C19H24FN3O2/c1-24-17-7-6-15(13-18(17)25-2)9-11-23-19(21)22-10-8-14-4-3-5-16(20)12-14/h3-7,12-13H,8-11H2,1-2H3,(H3,21,22,23). The zero-order chi connectivity index (χ0) is 18.1. The van der Waals surface area contributed by atoms with Gasteiger partial charge in [0.05, 0.1) is 14.2 Å². The predicted molar refractivity (Wildman–Crippen MR) is 97.8 cm³/mol. The van der Waals surface area contributed by atoms with Crippen LogP contribution in [0.1, 0.15) is 11.1 Å². The Morgan fingerprint density at radius 3 is 2.52 bits per heavy atom. The minimum atomic E-state index is -0.228. The van der Waals surface area contributed by atoms with Crippen molar-refractivity contribution in [2.45, 2.75) is 12.8 Å². The smallest absolute Gasteiger partial charge is 0.188 e. The zero-order valence-electron chi connectivity index (χ0n) is 14.6. The lowest BCUT2D eigenvalue weighted by Gasteiger charge is -2.09. The number of hydrogen-bond acceptors (Lipinski definition) is 3. The molecule has 3 N–H and O–H groups in total. The van der Waals surface area contributed by atoms with E-state index in [2.05, 4.69) is 10.3 Å². The summed E-state index contributed by atoms with van der Waals surface area (Å²) in [6, 6.07) is 12.3. The molecular weight excluding hydrogens is 321 g/mol. The highest BCUT2D eigenvalue weighted by Crippen LogP contribution is 2.27. The minimum Gasteiger partial charge on any atom is -0.493 e. The Kier molecular flexibility index (Phi) is 7.07. The number of aliphatic imine (C=N–C) groups is 1. The van der Waals surface area contributed by atoms with Gasteiger partial charge >= 0.3 is 0 Å². The van der Waals surface area contributed by atoms with E-state index in [1.54, 1.807) is 20.3 Å². The van der Waals surface area contributed by atoms with E-state index in [0.717, 1.165) is 17.5 Å². The van der Waals surface area contributed by atoms with Gasteiger partial charge in [0.1, 0.15) is 5.82 Å². The average molecular weight is 345 g/mol. The molecule has 0 saturated carbocycles. The maximum absolute atomic E-state index is 13.1. The first-order valence-corrected chi connectivity index (χ1v) is 8.11. The van der Waals surface area contributed by atoms with Crippen LogP contribution in [0.3, 0.4) is 0 Å². The van der Waals surface area contributed by atoms with Gasteiger partial charge in [-0.15, -0.1) is 0 Å². The number of hydrogen-bond donors (Lipinski definition) is 2. The Balaban J connectivity index is 1.77. The Labute approximate surface area is 147 Å². The summed E-state index contributed by atoms with van der Waals surface area (Å²) in [5.41, 5.74) is 7.87. The topological polar surface area (TPSA) is 68.9 Å². The second-order valence-electron chi connectivity index (χ2n) is 5.51. The third-order valence-corrected chi connectivity index (χ3v) is 3.74. The highest BCUT2D eigenvalue weighted by atomic mass is 19.1. The van der Waals surface area contributed by atoms with Gasteiger partial charge in [0.25, 0.3) is 0 Å². The molecule has 134 valence electrons. The van der Waals surface area contributed by atoms with Gasteiger partial charge in [-0.3, -0.25) is 4.99 Å². The summed E-state index contributed by atoms with van der Waals surface area (Å²) in [5.74, 6) is 1.56. The van der Waals surface area contributed by atoms with Crippen LogP contribution in [-0.2, 0) is 12.8 Å². The van der Waals surface area contributed by atoms with Crippen molar-refractivity contribution in [2.75, 3.05) is 27.3 Å². The number of halogens is 1. The van der Waals surface area contributed by atoms with E-state index in [4.69, 9.17) is 15.2 Å². The van der Waals surface area contributed by atoms with E-state index in [1.807, 2.05) is 24.3 Å². The second-order valence-corrected chi connectivity index (χ2v) is 5.51. The fourth-order valence-electron chi connectivity index (χ4n) is 2.42. The molecule has 6 heteroatoms. The van der Waals surface area contributed by atoms with Crippen molar-refractivity contribution in [3.8, 4) is 11.5 Å². The Morgan fingerprint density at radius 1 is 1.04 bits per heavy atom. The molecule has 0 unspecified atom stereocenters. The van der Waals surface area contributed by atoms with Crippen molar-refractivity contribution in [2.24, 2.45) is 10.7 Å². The highest BCUT2D eigenvalue weighted by Gasteiger charge is 2.04. The van der Waals surface area contributed by atoms with E-state index in [-0.39, 0.29) is 5.82 Å². The van der Waals surface area contributed by atoms with E-state index in [0.29, 0.717) is 37.0 Å². The molecule has 0 aliphatic heterocycles. The summed E-state index contributed by atoms with van der Waals surface area (Å²) < 4.78 is 23.6. The van der Waals surface area contributed by atoms with Crippen LogP contribution in [0, 0.1) is 5.82 Å². The van der Waals surface area contributed by atoms with Gasteiger partial charge in [-0.05, 0) is 48.2 Å². The largest absolute Gasteiger partial charge is 0.493 e. The van der Waals surface area contributed by atoms with Crippen molar-refractivity contribution in [3.63, 3.8) is 0 Å². The fourth-order valence-corrected chi connectivity index (χ4v) is 2.42. The number of methoxy groups -OCH3 is 2. The Morgan fingerprint density at radius 2 is 1.80 bits per heavy atom. The van der Waals surface area contributed by atoms with Gasteiger partial charge in [0, 0.05) is 13.1 Å². The summed E-state index contributed by atoms with van der Waals surface area (Å²) in [6.45, 7) is 1.17. The molecule has 0 atom stereocenters. The molecular formula is C19H24FN3O2. The maximum atomic E-state index is 13.1. The maximum Gasteiger partial charge on any atom is 0.188 e. The SMILES string of the molecule is COc1ccc(CCN=C(N)NCCc2cccc(F)c2)cc1OC. The predicted octanol–water partition coefficient (Wildman–Crippen LogP) is 2.53. The molecule has 0 aliphatic rings.